The number of halogens is 1. The van der Waals surface area contributed by atoms with Crippen molar-refractivity contribution >= 4 is 28.5 Å². The molecule has 1 aromatic carbocycles. The SMILES string of the molecule is O=C(OCc1ccccn1)c1ccc2nc(Cl)ccc2c1. The zero-order chi connectivity index (χ0) is 14.7. The van der Waals surface area contributed by atoms with Gasteiger partial charge < -0.3 is 4.74 Å². The largest absolute Gasteiger partial charge is 0.456 e. The van der Waals surface area contributed by atoms with Crippen molar-refractivity contribution in [1.29, 1.82) is 0 Å². The van der Waals surface area contributed by atoms with Crippen LogP contribution in [0.25, 0.3) is 10.9 Å². The van der Waals surface area contributed by atoms with Crippen molar-refractivity contribution in [3.05, 3.63) is 71.1 Å². The van der Waals surface area contributed by atoms with Crippen LogP contribution in [0.1, 0.15) is 16.1 Å². The predicted molar refractivity (Wildman–Crippen MR) is 80.1 cm³/mol. The van der Waals surface area contributed by atoms with Crippen molar-refractivity contribution in [1.82, 2.24) is 9.97 Å². The number of ether oxygens (including phenoxy) is 1. The first-order valence-corrected chi connectivity index (χ1v) is 6.73. The van der Waals surface area contributed by atoms with E-state index in [9.17, 15) is 4.79 Å². The lowest BCUT2D eigenvalue weighted by Crippen LogP contribution is -2.06. The fourth-order valence-electron chi connectivity index (χ4n) is 1.93. The number of hydrogen-bond donors (Lipinski definition) is 0. The summed E-state index contributed by atoms with van der Waals surface area (Å²) in [5.74, 6) is -0.391. The smallest absolute Gasteiger partial charge is 0.338 e. The lowest BCUT2D eigenvalue weighted by molar-refractivity contribution is 0.0468. The molecule has 2 aromatic heterocycles. The van der Waals surface area contributed by atoms with E-state index in [0.29, 0.717) is 16.4 Å². The van der Waals surface area contributed by atoms with Crippen molar-refractivity contribution < 1.29 is 9.53 Å². The van der Waals surface area contributed by atoms with Gasteiger partial charge in [0, 0.05) is 11.6 Å². The number of carbonyl (C=O) groups is 1. The molecule has 0 aliphatic heterocycles. The number of esters is 1. The minimum absolute atomic E-state index is 0.149. The molecule has 0 bridgehead atoms. The van der Waals surface area contributed by atoms with Crippen LogP contribution in [0.5, 0.6) is 0 Å². The average molecular weight is 299 g/mol. The summed E-state index contributed by atoms with van der Waals surface area (Å²) >= 11 is 5.83. The molecule has 0 radical (unpaired) electrons. The summed E-state index contributed by atoms with van der Waals surface area (Å²) in [6.45, 7) is 0.149. The van der Waals surface area contributed by atoms with Gasteiger partial charge in [-0.05, 0) is 42.5 Å². The van der Waals surface area contributed by atoms with Crippen molar-refractivity contribution in [2.45, 2.75) is 6.61 Å². The standard InChI is InChI=1S/C16H11ClN2O2/c17-15-7-5-11-9-12(4-6-14(11)19-15)16(20)21-10-13-3-1-2-8-18-13/h1-9H,10H2. The van der Waals surface area contributed by atoms with E-state index in [1.165, 1.54) is 0 Å². The number of fused-ring (bicyclic) bond motifs is 1. The monoisotopic (exact) mass is 298 g/mol. The number of benzene rings is 1. The summed E-state index contributed by atoms with van der Waals surface area (Å²) in [6, 6.07) is 14.1. The first-order valence-electron chi connectivity index (χ1n) is 6.36. The highest BCUT2D eigenvalue weighted by Crippen LogP contribution is 2.17. The van der Waals surface area contributed by atoms with Crippen LogP contribution in [-0.4, -0.2) is 15.9 Å². The molecule has 0 aliphatic rings. The third-order valence-electron chi connectivity index (χ3n) is 2.97. The van der Waals surface area contributed by atoms with Gasteiger partial charge in [0.25, 0.3) is 0 Å². The van der Waals surface area contributed by atoms with E-state index in [1.807, 2.05) is 18.2 Å². The topological polar surface area (TPSA) is 52.1 Å². The molecule has 0 spiro atoms. The van der Waals surface area contributed by atoms with Gasteiger partial charge in [0.1, 0.15) is 11.8 Å². The highest BCUT2D eigenvalue weighted by molar-refractivity contribution is 6.29. The molecule has 0 saturated heterocycles. The van der Waals surface area contributed by atoms with E-state index >= 15 is 0 Å². The van der Waals surface area contributed by atoms with Crippen molar-refractivity contribution in [2.24, 2.45) is 0 Å². The summed E-state index contributed by atoms with van der Waals surface area (Å²) in [6.07, 6.45) is 1.66. The molecular weight excluding hydrogens is 288 g/mol. The molecule has 0 aliphatic carbocycles. The molecule has 3 rings (SSSR count). The van der Waals surface area contributed by atoms with Crippen LogP contribution < -0.4 is 0 Å². The average Bonchev–Trinajstić information content (AvgIpc) is 2.53. The zero-order valence-electron chi connectivity index (χ0n) is 11.0. The second-order valence-corrected chi connectivity index (χ2v) is 4.83. The van der Waals surface area contributed by atoms with Gasteiger partial charge in [0.2, 0.25) is 0 Å². The Kier molecular flexibility index (Phi) is 3.79. The highest BCUT2D eigenvalue weighted by atomic mass is 35.5. The van der Waals surface area contributed by atoms with E-state index in [1.54, 1.807) is 36.5 Å². The maximum absolute atomic E-state index is 12.0. The molecule has 21 heavy (non-hydrogen) atoms. The van der Waals surface area contributed by atoms with E-state index in [2.05, 4.69) is 9.97 Å². The first kappa shape index (κ1) is 13.5. The molecule has 0 fully saturated rings. The number of hydrogen-bond acceptors (Lipinski definition) is 4. The fraction of sp³-hybridized carbons (Fsp3) is 0.0625. The van der Waals surface area contributed by atoms with Gasteiger partial charge in [0.05, 0.1) is 16.8 Å². The number of pyridine rings is 2. The van der Waals surface area contributed by atoms with Gasteiger partial charge in [-0.3, -0.25) is 4.98 Å². The Morgan fingerprint density at radius 3 is 2.86 bits per heavy atom. The summed E-state index contributed by atoms with van der Waals surface area (Å²) in [5, 5.41) is 1.26. The lowest BCUT2D eigenvalue weighted by Gasteiger charge is -2.05. The van der Waals surface area contributed by atoms with Crippen LogP contribution >= 0.6 is 11.6 Å². The van der Waals surface area contributed by atoms with Crippen molar-refractivity contribution in [3.63, 3.8) is 0 Å². The van der Waals surface area contributed by atoms with Crippen LogP contribution in [0.2, 0.25) is 5.15 Å². The van der Waals surface area contributed by atoms with Gasteiger partial charge in [-0.15, -0.1) is 0 Å². The molecular formula is C16H11ClN2O2. The second-order valence-electron chi connectivity index (χ2n) is 4.44. The molecule has 5 heteroatoms. The van der Waals surface area contributed by atoms with E-state index in [0.717, 1.165) is 10.9 Å². The van der Waals surface area contributed by atoms with Crippen LogP contribution in [0.4, 0.5) is 0 Å². The molecule has 0 amide bonds. The minimum atomic E-state index is -0.391. The Balaban J connectivity index is 1.77. The van der Waals surface area contributed by atoms with Gasteiger partial charge in [0.15, 0.2) is 0 Å². The summed E-state index contributed by atoms with van der Waals surface area (Å²) < 4.78 is 5.24. The van der Waals surface area contributed by atoms with E-state index < -0.39 is 5.97 Å². The zero-order valence-corrected chi connectivity index (χ0v) is 11.7. The van der Waals surface area contributed by atoms with Crippen molar-refractivity contribution in [3.8, 4) is 0 Å². The molecule has 2 heterocycles. The molecule has 0 atom stereocenters. The number of carbonyl (C=O) groups excluding carboxylic acids is 1. The number of rotatable bonds is 3. The van der Waals surface area contributed by atoms with Crippen molar-refractivity contribution in [2.75, 3.05) is 0 Å². The van der Waals surface area contributed by atoms with Gasteiger partial charge in [-0.2, -0.15) is 0 Å². The summed E-state index contributed by atoms with van der Waals surface area (Å²) in [4.78, 5) is 20.3. The Labute approximate surface area is 126 Å². The van der Waals surface area contributed by atoms with Gasteiger partial charge in [-0.25, -0.2) is 9.78 Å². The third-order valence-corrected chi connectivity index (χ3v) is 3.18. The normalized spacial score (nSPS) is 10.5. The fourth-order valence-corrected chi connectivity index (χ4v) is 2.09. The van der Waals surface area contributed by atoms with Crippen LogP contribution in [-0.2, 0) is 11.3 Å². The summed E-state index contributed by atoms with van der Waals surface area (Å²) in [5.41, 5.74) is 1.92. The lowest BCUT2D eigenvalue weighted by atomic mass is 10.1. The molecule has 0 N–H and O–H groups in total. The van der Waals surface area contributed by atoms with Crippen LogP contribution in [0, 0.1) is 0 Å². The second kappa shape index (κ2) is 5.89. The van der Waals surface area contributed by atoms with Gasteiger partial charge in [-0.1, -0.05) is 17.7 Å². The molecule has 0 unspecified atom stereocenters. The summed E-state index contributed by atoms with van der Waals surface area (Å²) in [7, 11) is 0. The van der Waals surface area contributed by atoms with Gasteiger partial charge >= 0.3 is 5.97 Å². The minimum Gasteiger partial charge on any atom is -0.456 e. The third kappa shape index (κ3) is 3.17. The molecule has 0 saturated carbocycles. The van der Waals surface area contributed by atoms with Crippen LogP contribution in [0.15, 0.2) is 54.7 Å². The predicted octanol–water partition coefficient (Wildman–Crippen LogP) is 3.64. The quantitative estimate of drug-likeness (QED) is 0.547. The molecule has 4 nitrogen and oxygen atoms in total. The Morgan fingerprint density at radius 2 is 2.05 bits per heavy atom. The Morgan fingerprint density at radius 1 is 1.14 bits per heavy atom. The Hall–Kier alpha value is -2.46. The Bertz CT molecular complexity index is 791. The number of nitrogens with zero attached hydrogens (tertiary/aromatic N) is 2. The maximum Gasteiger partial charge on any atom is 0.338 e. The number of aromatic nitrogens is 2. The first-order chi connectivity index (χ1) is 10.2. The maximum atomic E-state index is 12.0. The van der Waals surface area contributed by atoms with Crippen LogP contribution in [0.3, 0.4) is 0 Å². The highest BCUT2D eigenvalue weighted by Gasteiger charge is 2.09. The van der Waals surface area contributed by atoms with E-state index in [-0.39, 0.29) is 6.61 Å². The van der Waals surface area contributed by atoms with E-state index in [4.69, 9.17) is 16.3 Å². The molecule has 104 valence electrons. The molecule has 3 aromatic rings.